The van der Waals surface area contributed by atoms with Crippen molar-refractivity contribution in [3.63, 3.8) is 0 Å². The molecule has 0 bridgehead atoms. The quantitative estimate of drug-likeness (QED) is 0.453. The molecule has 7 nitrogen and oxygen atoms in total. The number of hydrogen-bond acceptors (Lipinski definition) is 4. The molecule has 2 amide bonds. The number of aromatic nitrogens is 4. The van der Waals surface area contributed by atoms with E-state index < -0.39 is 11.9 Å². The molecule has 0 unspecified atom stereocenters. The molecule has 2 N–H and O–H groups in total. The highest BCUT2D eigenvalue weighted by molar-refractivity contribution is 5.91. The van der Waals surface area contributed by atoms with Gasteiger partial charge in [0.25, 0.3) is 0 Å². The van der Waals surface area contributed by atoms with Crippen molar-refractivity contribution in [1.29, 1.82) is 0 Å². The van der Waals surface area contributed by atoms with Gasteiger partial charge in [0.15, 0.2) is 11.3 Å². The molecule has 0 aliphatic heterocycles. The minimum Gasteiger partial charge on any atom is -0.335 e. The molecule has 1 aliphatic carbocycles. The van der Waals surface area contributed by atoms with Crippen molar-refractivity contribution in [1.82, 2.24) is 24.9 Å². The van der Waals surface area contributed by atoms with E-state index in [9.17, 15) is 18.0 Å². The van der Waals surface area contributed by atoms with Crippen LogP contribution in [0.4, 0.5) is 23.7 Å². The fourth-order valence-electron chi connectivity index (χ4n) is 3.49. The van der Waals surface area contributed by atoms with Gasteiger partial charge in [-0.3, -0.25) is 4.98 Å². The van der Waals surface area contributed by atoms with Crippen LogP contribution >= 0.6 is 0 Å². The fraction of sp³-hybridized carbons (Fsp3) is 0.217. The van der Waals surface area contributed by atoms with E-state index in [0.29, 0.717) is 17.0 Å². The fourth-order valence-corrected chi connectivity index (χ4v) is 3.49. The average molecular weight is 452 g/mol. The SMILES string of the molecule is Cc1ccc(-c2cn3nc(-c4cccnc4C(F)(F)F)ccc3n2)cc1NC(=O)NC1CC1. The third kappa shape index (κ3) is 4.36. The number of fused-ring (bicyclic) bond motifs is 1. The number of amides is 2. The molecule has 1 saturated carbocycles. The second-order valence-corrected chi connectivity index (χ2v) is 7.95. The number of imidazole rings is 1. The topological polar surface area (TPSA) is 84.2 Å². The molecule has 0 spiro atoms. The molecule has 3 aromatic heterocycles. The van der Waals surface area contributed by atoms with Crippen molar-refractivity contribution in [3.05, 3.63) is 66.1 Å². The predicted molar refractivity (Wildman–Crippen MR) is 117 cm³/mol. The lowest BCUT2D eigenvalue weighted by atomic mass is 10.1. The molecule has 0 atom stereocenters. The predicted octanol–water partition coefficient (Wildman–Crippen LogP) is 5.07. The lowest BCUT2D eigenvalue weighted by molar-refractivity contribution is -0.140. The number of nitrogens with one attached hydrogen (secondary N) is 2. The summed E-state index contributed by atoms with van der Waals surface area (Å²) in [6.45, 7) is 1.89. The van der Waals surface area contributed by atoms with Gasteiger partial charge in [-0.25, -0.2) is 14.3 Å². The standard InChI is InChI=1S/C23H19F3N6O/c1-13-4-5-14(11-18(13)30-22(33)28-15-6-7-15)19-12-32-20(29-19)9-8-17(31-32)16-3-2-10-27-21(16)23(24,25)26/h2-5,8-12,15H,6-7H2,1H3,(H2,28,30,33). The number of urea groups is 1. The number of nitrogens with zero attached hydrogens (tertiary/aromatic N) is 4. The van der Waals surface area contributed by atoms with Gasteiger partial charge in [-0.1, -0.05) is 12.1 Å². The first kappa shape index (κ1) is 20.9. The van der Waals surface area contributed by atoms with Crippen LogP contribution in [0, 0.1) is 6.92 Å². The Labute approximate surface area is 186 Å². The van der Waals surface area contributed by atoms with Crippen LogP contribution in [0.15, 0.2) is 54.9 Å². The van der Waals surface area contributed by atoms with Gasteiger partial charge in [0.05, 0.1) is 17.6 Å². The van der Waals surface area contributed by atoms with Crippen LogP contribution in [-0.2, 0) is 6.18 Å². The normalized spacial score (nSPS) is 13.8. The van der Waals surface area contributed by atoms with Crippen LogP contribution in [0.2, 0.25) is 0 Å². The first-order chi connectivity index (χ1) is 15.8. The molecular weight excluding hydrogens is 433 g/mol. The Balaban J connectivity index is 1.47. The van der Waals surface area contributed by atoms with Gasteiger partial charge in [-0.05, 0) is 55.7 Å². The lowest BCUT2D eigenvalue weighted by Crippen LogP contribution is -2.30. The van der Waals surface area contributed by atoms with E-state index in [1.165, 1.54) is 22.7 Å². The number of alkyl halides is 3. The Bertz CT molecular complexity index is 1360. The second kappa shape index (κ2) is 7.88. The van der Waals surface area contributed by atoms with E-state index in [1.807, 2.05) is 25.1 Å². The summed E-state index contributed by atoms with van der Waals surface area (Å²) in [4.78, 5) is 20.2. The van der Waals surface area contributed by atoms with Crippen LogP contribution < -0.4 is 10.6 Å². The molecule has 10 heteroatoms. The van der Waals surface area contributed by atoms with E-state index in [4.69, 9.17) is 0 Å². The first-order valence-electron chi connectivity index (χ1n) is 10.4. The zero-order valence-corrected chi connectivity index (χ0v) is 17.5. The van der Waals surface area contributed by atoms with Crippen molar-refractivity contribution >= 4 is 17.4 Å². The van der Waals surface area contributed by atoms with Gasteiger partial charge in [-0.15, -0.1) is 0 Å². The highest BCUT2D eigenvalue weighted by Gasteiger charge is 2.35. The van der Waals surface area contributed by atoms with Crippen molar-refractivity contribution in [3.8, 4) is 22.5 Å². The summed E-state index contributed by atoms with van der Waals surface area (Å²) in [6.07, 6.45) is 0.137. The third-order valence-corrected chi connectivity index (χ3v) is 5.37. The summed E-state index contributed by atoms with van der Waals surface area (Å²) in [6, 6.07) is 11.4. The molecule has 1 fully saturated rings. The van der Waals surface area contributed by atoms with Gasteiger partial charge in [0.1, 0.15) is 0 Å². The maximum atomic E-state index is 13.4. The first-order valence-corrected chi connectivity index (χ1v) is 10.4. The number of halogens is 3. The van der Waals surface area contributed by atoms with Gasteiger partial charge < -0.3 is 10.6 Å². The van der Waals surface area contributed by atoms with E-state index in [0.717, 1.165) is 30.2 Å². The second-order valence-electron chi connectivity index (χ2n) is 7.95. The number of aryl methyl sites for hydroxylation is 1. The largest absolute Gasteiger partial charge is 0.434 e. The van der Waals surface area contributed by atoms with Gasteiger partial charge >= 0.3 is 12.2 Å². The molecule has 0 radical (unpaired) electrons. The molecule has 1 aromatic carbocycles. The van der Waals surface area contributed by atoms with Crippen molar-refractivity contribution in [2.75, 3.05) is 5.32 Å². The number of benzene rings is 1. The van der Waals surface area contributed by atoms with Crippen molar-refractivity contribution < 1.29 is 18.0 Å². The number of rotatable bonds is 4. The minimum absolute atomic E-state index is 0.106. The van der Waals surface area contributed by atoms with Gasteiger partial charge in [0, 0.05) is 29.1 Å². The van der Waals surface area contributed by atoms with Crippen LogP contribution in [0.3, 0.4) is 0 Å². The van der Waals surface area contributed by atoms with E-state index in [2.05, 4.69) is 25.7 Å². The summed E-state index contributed by atoms with van der Waals surface area (Å²) >= 11 is 0. The summed E-state index contributed by atoms with van der Waals surface area (Å²) < 4.78 is 41.5. The molecule has 0 saturated heterocycles. The Morgan fingerprint density at radius 1 is 1.12 bits per heavy atom. The highest BCUT2D eigenvalue weighted by Crippen LogP contribution is 2.35. The maximum absolute atomic E-state index is 13.4. The molecule has 168 valence electrons. The minimum atomic E-state index is -4.59. The van der Waals surface area contributed by atoms with Gasteiger partial charge in [0.2, 0.25) is 0 Å². The number of pyridine rings is 1. The third-order valence-electron chi connectivity index (χ3n) is 5.37. The van der Waals surface area contributed by atoms with Crippen LogP contribution in [-0.4, -0.2) is 31.7 Å². The molecular formula is C23H19F3N6O. The molecule has 3 heterocycles. The van der Waals surface area contributed by atoms with Crippen LogP contribution in [0.1, 0.15) is 24.1 Å². The monoisotopic (exact) mass is 452 g/mol. The number of anilines is 1. The van der Waals surface area contributed by atoms with Crippen LogP contribution in [0.5, 0.6) is 0 Å². The molecule has 4 aromatic rings. The number of carbonyl (C=O) groups is 1. The number of carbonyl (C=O) groups excluding carboxylic acids is 1. The Morgan fingerprint density at radius 2 is 1.94 bits per heavy atom. The van der Waals surface area contributed by atoms with Crippen molar-refractivity contribution in [2.45, 2.75) is 32.0 Å². The summed E-state index contributed by atoms with van der Waals surface area (Å²) in [5.41, 5.74) is 2.38. The zero-order chi connectivity index (χ0) is 23.2. The molecule has 1 aliphatic rings. The van der Waals surface area contributed by atoms with E-state index in [-0.39, 0.29) is 23.3 Å². The average Bonchev–Trinajstić information content (AvgIpc) is 3.48. The van der Waals surface area contributed by atoms with Crippen LogP contribution in [0.25, 0.3) is 28.2 Å². The maximum Gasteiger partial charge on any atom is 0.434 e. The zero-order valence-electron chi connectivity index (χ0n) is 17.5. The molecule has 33 heavy (non-hydrogen) atoms. The van der Waals surface area contributed by atoms with E-state index in [1.54, 1.807) is 12.3 Å². The highest BCUT2D eigenvalue weighted by atomic mass is 19.4. The molecule has 5 rings (SSSR count). The van der Waals surface area contributed by atoms with Gasteiger partial charge in [-0.2, -0.15) is 18.3 Å². The summed E-state index contributed by atoms with van der Waals surface area (Å²) in [5, 5.41) is 10.1. The Morgan fingerprint density at radius 3 is 2.70 bits per heavy atom. The van der Waals surface area contributed by atoms with Crippen molar-refractivity contribution in [2.24, 2.45) is 0 Å². The summed E-state index contributed by atoms with van der Waals surface area (Å²) in [5.74, 6) is 0. The lowest BCUT2D eigenvalue weighted by Gasteiger charge is -2.10. The Hall–Kier alpha value is -3.95. The Kier molecular flexibility index (Phi) is 4.99. The van der Waals surface area contributed by atoms with E-state index >= 15 is 0 Å². The summed E-state index contributed by atoms with van der Waals surface area (Å²) in [7, 11) is 0. The number of hydrogen-bond donors (Lipinski definition) is 2. The smallest absolute Gasteiger partial charge is 0.335 e.